The lowest BCUT2D eigenvalue weighted by atomic mass is 10.1. The molecule has 10 heteroatoms. The third-order valence-electron chi connectivity index (χ3n) is 3.54. The van der Waals surface area contributed by atoms with Crippen LogP contribution in [0, 0.1) is 0 Å². The number of ether oxygens (including phenoxy) is 2. The van der Waals surface area contributed by atoms with Crippen LogP contribution in [0.5, 0.6) is 11.5 Å². The Morgan fingerprint density at radius 3 is 2.77 bits per heavy atom. The Hall–Kier alpha value is -2.03. The lowest BCUT2D eigenvalue weighted by molar-refractivity contribution is 0.281. The molecule has 2 N–H and O–H groups in total. The number of tetrazole rings is 1. The summed E-state index contributed by atoms with van der Waals surface area (Å²) >= 11 is 15.7. The second-order valence-electron chi connectivity index (χ2n) is 5.17. The zero-order valence-corrected chi connectivity index (χ0v) is 16.7. The number of aromatic amines is 1. The van der Waals surface area contributed by atoms with Crippen molar-refractivity contribution in [1.82, 2.24) is 20.6 Å². The molecular weight excluding hydrogens is 445 g/mol. The van der Waals surface area contributed by atoms with Crippen molar-refractivity contribution in [2.75, 3.05) is 12.4 Å². The van der Waals surface area contributed by atoms with E-state index in [1.165, 1.54) is 0 Å². The summed E-state index contributed by atoms with van der Waals surface area (Å²) in [4.78, 5) is 0. The molecule has 3 aromatic rings. The zero-order chi connectivity index (χ0) is 18.5. The van der Waals surface area contributed by atoms with Gasteiger partial charge in [0.1, 0.15) is 6.61 Å². The second kappa shape index (κ2) is 8.57. The first kappa shape index (κ1) is 18.8. The molecule has 0 bridgehead atoms. The van der Waals surface area contributed by atoms with Crippen LogP contribution in [0.25, 0.3) is 0 Å². The standard InChI is InChI=1S/C16H14BrCl2N5O2/c1-25-14-5-4-12(17)11(7-20-16-21-23-24-22-16)15(14)26-8-9-2-3-10(18)6-13(9)19/h2-6H,7-8H2,1H3,(H2,20,21,22,23,24). The van der Waals surface area contributed by atoms with Crippen molar-refractivity contribution in [3.05, 3.63) is 56.0 Å². The highest BCUT2D eigenvalue weighted by Crippen LogP contribution is 2.37. The maximum Gasteiger partial charge on any atom is 0.263 e. The van der Waals surface area contributed by atoms with Crippen molar-refractivity contribution in [3.63, 3.8) is 0 Å². The second-order valence-corrected chi connectivity index (χ2v) is 6.87. The molecule has 2 aromatic carbocycles. The van der Waals surface area contributed by atoms with Gasteiger partial charge in [0, 0.05) is 32.2 Å². The van der Waals surface area contributed by atoms with E-state index in [4.69, 9.17) is 32.7 Å². The van der Waals surface area contributed by atoms with Gasteiger partial charge in [0.25, 0.3) is 5.95 Å². The minimum absolute atomic E-state index is 0.262. The van der Waals surface area contributed by atoms with Crippen molar-refractivity contribution in [3.8, 4) is 11.5 Å². The maximum atomic E-state index is 6.22. The Morgan fingerprint density at radius 1 is 1.23 bits per heavy atom. The molecule has 0 aliphatic carbocycles. The number of aromatic nitrogens is 4. The van der Waals surface area contributed by atoms with E-state index in [1.807, 2.05) is 18.2 Å². The van der Waals surface area contributed by atoms with Crippen LogP contribution in [0.4, 0.5) is 5.95 Å². The summed E-state index contributed by atoms with van der Waals surface area (Å²) in [6.07, 6.45) is 0. The van der Waals surface area contributed by atoms with Gasteiger partial charge in [-0.05, 0) is 29.5 Å². The number of methoxy groups -OCH3 is 1. The van der Waals surface area contributed by atoms with Gasteiger partial charge in [-0.1, -0.05) is 50.3 Å². The molecule has 1 heterocycles. The predicted molar refractivity (Wildman–Crippen MR) is 103 cm³/mol. The number of halogens is 3. The van der Waals surface area contributed by atoms with Gasteiger partial charge >= 0.3 is 0 Å². The lowest BCUT2D eigenvalue weighted by Gasteiger charge is -2.17. The summed E-state index contributed by atoms with van der Waals surface area (Å²) in [6, 6.07) is 8.98. The molecule has 136 valence electrons. The average molecular weight is 459 g/mol. The molecule has 0 aliphatic rings. The maximum absolute atomic E-state index is 6.22. The fourth-order valence-corrected chi connectivity index (χ4v) is 3.17. The minimum atomic E-state index is 0.262. The van der Waals surface area contributed by atoms with Gasteiger partial charge < -0.3 is 14.8 Å². The lowest BCUT2D eigenvalue weighted by Crippen LogP contribution is -2.07. The number of rotatable bonds is 7. The smallest absolute Gasteiger partial charge is 0.263 e. The van der Waals surface area contributed by atoms with Gasteiger partial charge in [-0.3, -0.25) is 0 Å². The number of nitrogens with zero attached hydrogens (tertiary/aromatic N) is 3. The van der Waals surface area contributed by atoms with Gasteiger partial charge in [-0.2, -0.15) is 5.21 Å². The summed E-state index contributed by atoms with van der Waals surface area (Å²) in [5, 5.41) is 17.8. The number of hydrogen-bond acceptors (Lipinski definition) is 6. The van der Waals surface area contributed by atoms with E-state index in [0.717, 1.165) is 15.6 Å². The van der Waals surface area contributed by atoms with Crippen molar-refractivity contribution in [2.45, 2.75) is 13.2 Å². The molecule has 26 heavy (non-hydrogen) atoms. The molecule has 0 radical (unpaired) electrons. The van der Waals surface area contributed by atoms with Gasteiger partial charge in [0.2, 0.25) is 0 Å². The molecule has 0 amide bonds. The Balaban J connectivity index is 1.84. The highest BCUT2D eigenvalue weighted by molar-refractivity contribution is 9.10. The summed E-state index contributed by atoms with van der Waals surface area (Å²) < 4.78 is 12.3. The monoisotopic (exact) mass is 457 g/mol. The fraction of sp³-hybridized carbons (Fsp3) is 0.188. The number of benzene rings is 2. The van der Waals surface area contributed by atoms with Crippen LogP contribution < -0.4 is 14.8 Å². The number of hydrogen-bond donors (Lipinski definition) is 2. The number of nitrogens with one attached hydrogen (secondary N) is 2. The Morgan fingerprint density at radius 2 is 2.08 bits per heavy atom. The van der Waals surface area contributed by atoms with E-state index in [2.05, 4.69) is 41.9 Å². The number of H-pyrrole nitrogens is 1. The minimum Gasteiger partial charge on any atom is -0.493 e. The highest BCUT2D eigenvalue weighted by atomic mass is 79.9. The Bertz CT molecular complexity index is 893. The van der Waals surface area contributed by atoms with E-state index < -0.39 is 0 Å². The van der Waals surface area contributed by atoms with E-state index in [1.54, 1.807) is 19.2 Å². The Labute approximate surface area is 168 Å². The third-order valence-corrected chi connectivity index (χ3v) is 4.87. The van der Waals surface area contributed by atoms with Crippen LogP contribution >= 0.6 is 39.1 Å². The summed E-state index contributed by atoms with van der Waals surface area (Å²) in [6.45, 7) is 0.666. The van der Waals surface area contributed by atoms with Crippen LogP contribution in [-0.2, 0) is 13.2 Å². The largest absolute Gasteiger partial charge is 0.493 e. The van der Waals surface area contributed by atoms with Gasteiger partial charge in [-0.15, -0.1) is 5.10 Å². The van der Waals surface area contributed by atoms with Crippen LogP contribution in [0.1, 0.15) is 11.1 Å². The van der Waals surface area contributed by atoms with Gasteiger partial charge in [-0.25, -0.2) is 0 Å². The molecule has 3 rings (SSSR count). The quantitative estimate of drug-likeness (QED) is 0.543. The molecule has 0 unspecified atom stereocenters. The van der Waals surface area contributed by atoms with Crippen molar-refractivity contribution >= 4 is 45.1 Å². The van der Waals surface area contributed by atoms with Crippen molar-refractivity contribution in [1.29, 1.82) is 0 Å². The summed E-state index contributed by atoms with van der Waals surface area (Å²) in [5.41, 5.74) is 1.66. The Kier molecular flexibility index (Phi) is 6.18. The fourth-order valence-electron chi connectivity index (χ4n) is 2.26. The molecular formula is C16H14BrCl2N5O2. The van der Waals surface area contributed by atoms with E-state index in [-0.39, 0.29) is 6.61 Å². The first-order chi connectivity index (χ1) is 12.6. The van der Waals surface area contributed by atoms with Gasteiger partial charge in [0.15, 0.2) is 11.5 Å². The molecule has 0 saturated heterocycles. The molecule has 7 nitrogen and oxygen atoms in total. The first-order valence-corrected chi connectivity index (χ1v) is 9.02. The third kappa shape index (κ3) is 4.38. The van der Waals surface area contributed by atoms with E-state index >= 15 is 0 Å². The predicted octanol–water partition coefficient (Wildman–Crippen LogP) is 4.47. The van der Waals surface area contributed by atoms with Gasteiger partial charge in [0.05, 0.1) is 7.11 Å². The topological polar surface area (TPSA) is 85.0 Å². The molecule has 1 aromatic heterocycles. The van der Waals surface area contributed by atoms with E-state index in [9.17, 15) is 0 Å². The highest BCUT2D eigenvalue weighted by Gasteiger charge is 2.16. The average Bonchev–Trinajstić information content (AvgIpc) is 3.14. The van der Waals surface area contributed by atoms with Crippen molar-refractivity contribution in [2.24, 2.45) is 0 Å². The normalized spacial score (nSPS) is 10.6. The summed E-state index contributed by atoms with van der Waals surface area (Å²) in [5.74, 6) is 1.57. The molecule has 0 saturated carbocycles. The summed E-state index contributed by atoms with van der Waals surface area (Å²) in [7, 11) is 1.59. The number of anilines is 1. The molecule has 0 spiro atoms. The zero-order valence-electron chi connectivity index (χ0n) is 13.6. The van der Waals surface area contributed by atoms with E-state index in [0.29, 0.717) is 34.0 Å². The van der Waals surface area contributed by atoms with Crippen molar-refractivity contribution < 1.29 is 9.47 Å². The SMILES string of the molecule is COc1ccc(Br)c(CNc2nn[nH]n2)c1OCc1ccc(Cl)cc1Cl. The molecule has 0 atom stereocenters. The molecule has 0 fully saturated rings. The molecule has 0 aliphatic heterocycles. The van der Waals surface area contributed by atoms with Crippen LogP contribution in [0.2, 0.25) is 10.0 Å². The van der Waals surface area contributed by atoms with Crippen LogP contribution in [0.15, 0.2) is 34.8 Å². The van der Waals surface area contributed by atoms with Crippen LogP contribution in [0.3, 0.4) is 0 Å². The first-order valence-electron chi connectivity index (χ1n) is 7.48. The van der Waals surface area contributed by atoms with Crippen LogP contribution in [-0.4, -0.2) is 27.7 Å².